The molecular formula is C15H11Cl2FO2. The third kappa shape index (κ3) is 2.37. The maximum atomic E-state index is 13.9. The number of benzene rings is 2. The van der Waals surface area contributed by atoms with Gasteiger partial charge in [-0.3, -0.25) is 0 Å². The van der Waals surface area contributed by atoms with Crippen LogP contribution in [0.2, 0.25) is 10.0 Å². The summed E-state index contributed by atoms with van der Waals surface area (Å²) in [4.78, 5) is 0. The van der Waals surface area contributed by atoms with Crippen LogP contribution < -0.4 is 4.74 Å². The monoisotopic (exact) mass is 312 g/mol. The third-order valence-corrected chi connectivity index (χ3v) is 3.78. The minimum atomic E-state index is -1.17. The van der Waals surface area contributed by atoms with E-state index in [4.69, 9.17) is 27.9 Å². The van der Waals surface area contributed by atoms with Gasteiger partial charge in [0, 0.05) is 27.6 Å². The van der Waals surface area contributed by atoms with Crippen LogP contribution in [0.3, 0.4) is 0 Å². The van der Waals surface area contributed by atoms with Crippen LogP contribution >= 0.6 is 23.2 Å². The summed E-state index contributed by atoms with van der Waals surface area (Å²) in [5.41, 5.74) is 1.50. The normalized spacial score (nSPS) is 14.8. The average Bonchev–Trinajstić information content (AvgIpc) is 2.87. The first-order valence-corrected chi connectivity index (χ1v) is 6.90. The summed E-state index contributed by atoms with van der Waals surface area (Å²) < 4.78 is 19.4. The van der Waals surface area contributed by atoms with Crippen molar-refractivity contribution in [3.8, 4) is 5.75 Å². The second-order valence-electron chi connectivity index (χ2n) is 4.65. The van der Waals surface area contributed by atoms with E-state index in [1.54, 1.807) is 12.1 Å². The lowest BCUT2D eigenvalue weighted by atomic mass is 9.98. The van der Waals surface area contributed by atoms with Crippen LogP contribution in [0.5, 0.6) is 5.75 Å². The molecule has 1 N–H and O–H groups in total. The van der Waals surface area contributed by atoms with Crippen LogP contribution in [0, 0.1) is 5.82 Å². The fraction of sp³-hybridized carbons (Fsp3) is 0.200. The van der Waals surface area contributed by atoms with Crippen LogP contribution in [-0.2, 0) is 6.42 Å². The predicted molar refractivity (Wildman–Crippen MR) is 76.1 cm³/mol. The van der Waals surface area contributed by atoms with Gasteiger partial charge in [-0.05, 0) is 35.9 Å². The summed E-state index contributed by atoms with van der Waals surface area (Å²) in [6, 6.07) is 7.47. The molecule has 0 bridgehead atoms. The van der Waals surface area contributed by atoms with E-state index in [0.717, 1.165) is 12.0 Å². The Morgan fingerprint density at radius 1 is 1.10 bits per heavy atom. The van der Waals surface area contributed by atoms with E-state index in [-0.39, 0.29) is 5.56 Å². The Balaban J connectivity index is 2.11. The molecule has 5 heteroatoms. The summed E-state index contributed by atoms with van der Waals surface area (Å²) in [6.07, 6.45) is -0.438. The molecule has 20 heavy (non-hydrogen) atoms. The first-order chi connectivity index (χ1) is 9.56. The van der Waals surface area contributed by atoms with Crippen LogP contribution in [0.1, 0.15) is 22.8 Å². The van der Waals surface area contributed by atoms with Gasteiger partial charge in [0.15, 0.2) is 0 Å². The van der Waals surface area contributed by atoms with Crippen molar-refractivity contribution in [1.29, 1.82) is 0 Å². The fourth-order valence-corrected chi connectivity index (χ4v) is 2.82. The highest BCUT2D eigenvalue weighted by atomic mass is 35.5. The number of halogens is 3. The zero-order chi connectivity index (χ0) is 14.3. The zero-order valence-corrected chi connectivity index (χ0v) is 11.9. The molecule has 2 aromatic carbocycles. The lowest BCUT2D eigenvalue weighted by molar-refractivity contribution is 0.208. The molecule has 0 spiro atoms. The molecule has 2 nitrogen and oxygen atoms in total. The second kappa shape index (κ2) is 5.24. The van der Waals surface area contributed by atoms with Crippen molar-refractivity contribution in [1.82, 2.24) is 0 Å². The minimum Gasteiger partial charge on any atom is -0.493 e. The predicted octanol–water partition coefficient (Wildman–Crippen LogP) is 4.15. The lowest BCUT2D eigenvalue weighted by Crippen LogP contribution is -2.05. The molecule has 0 radical (unpaired) electrons. The molecule has 1 aliphatic heterocycles. The van der Waals surface area contributed by atoms with Crippen molar-refractivity contribution in [2.24, 2.45) is 0 Å². The van der Waals surface area contributed by atoms with Gasteiger partial charge in [0.1, 0.15) is 17.7 Å². The highest BCUT2D eigenvalue weighted by Gasteiger charge is 2.25. The van der Waals surface area contributed by atoms with Crippen molar-refractivity contribution >= 4 is 23.2 Å². The molecule has 3 rings (SSSR count). The highest BCUT2D eigenvalue weighted by Crippen LogP contribution is 2.39. The number of aliphatic hydroxyl groups is 1. The van der Waals surface area contributed by atoms with E-state index in [9.17, 15) is 9.50 Å². The smallest absolute Gasteiger partial charge is 0.129 e. The standard InChI is InChI=1S/C15H11Cl2FO2/c16-9-1-2-13(18)11(6-9)14(19)12-7-10(17)5-8-3-4-20-15(8)12/h1-2,5-7,14,19H,3-4H2. The summed E-state index contributed by atoms with van der Waals surface area (Å²) in [7, 11) is 0. The first kappa shape index (κ1) is 13.7. The maximum Gasteiger partial charge on any atom is 0.129 e. The Bertz CT molecular complexity index is 673. The van der Waals surface area contributed by atoms with E-state index < -0.39 is 11.9 Å². The van der Waals surface area contributed by atoms with Crippen molar-refractivity contribution < 1.29 is 14.2 Å². The molecule has 0 aliphatic carbocycles. The molecule has 0 saturated heterocycles. The fourth-order valence-electron chi connectivity index (χ4n) is 2.39. The topological polar surface area (TPSA) is 29.5 Å². The van der Waals surface area contributed by atoms with Crippen molar-refractivity contribution in [2.75, 3.05) is 6.61 Å². The Kier molecular flexibility index (Phi) is 3.59. The molecule has 0 saturated carbocycles. The SMILES string of the molecule is OC(c1cc(Cl)ccc1F)c1cc(Cl)cc2c1OCC2. The summed E-state index contributed by atoms with van der Waals surface area (Å²) in [6.45, 7) is 0.535. The molecule has 0 fully saturated rings. The van der Waals surface area contributed by atoms with Crippen LogP contribution in [0.15, 0.2) is 30.3 Å². The van der Waals surface area contributed by atoms with Gasteiger partial charge in [0.25, 0.3) is 0 Å². The summed E-state index contributed by atoms with van der Waals surface area (Å²) in [5, 5.41) is 11.3. The average molecular weight is 313 g/mol. The molecule has 1 aliphatic rings. The van der Waals surface area contributed by atoms with E-state index in [2.05, 4.69) is 0 Å². The molecule has 1 atom stereocenters. The number of rotatable bonds is 2. The summed E-state index contributed by atoms with van der Waals surface area (Å²) in [5.74, 6) is 0.0647. The van der Waals surface area contributed by atoms with E-state index >= 15 is 0 Å². The summed E-state index contributed by atoms with van der Waals surface area (Å²) >= 11 is 11.9. The first-order valence-electron chi connectivity index (χ1n) is 6.14. The lowest BCUT2D eigenvalue weighted by Gasteiger charge is -2.16. The minimum absolute atomic E-state index is 0.109. The number of fused-ring (bicyclic) bond motifs is 1. The Morgan fingerprint density at radius 3 is 2.65 bits per heavy atom. The number of hydrogen-bond donors (Lipinski definition) is 1. The van der Waals surface area contributed by atoms with Gasteiger partial charge in [-0.2, -0.15) is 0 Å². The van der Waals surface area contributed by atoms with Gasteiger partial charge in [0.2, 0.25) is 0 Å². The Morgan fingerprint density at radius 2 is 1.85 bits per heavy atom. The molecule has 1 unspecified atom stereocenters. The number of aliphatic hydroxyl groups excluding tert-OH is 1. The molecule has 2 aromatic rings. The Labute approximate surface area is 125 Å². The Hall–Kier alpha value is -1.29. The maximum absolute atomic E-state index is 13.9. The third-order valence-electron chi connectivity index (χ3n) is 3.32. The second-order valence-corrected chi connectivity index (χ2v) is 5.52. The number of hydrogen-bond acceptors (Lipinski definition) is 2. The van der Waals surface area contributed by atoms with E-state index in [0.29, 0.717) is 28.0 Å². The quantitative estimate of drug-likeness (QED) is 0.902. The molecule has 104 valence electrons. The van der Waals surface area contributed by atoms with E-state index in [1.807, 2.05) is 0 Å². The van der Waals surface area contributed by atoms with Crippen LogP contribution in [-0.4, -0.2) is 11.7 Å². The van der Waals surface area contributed by atoms with Crippen LogP contribution in [0.25, 0.3) is 0 Å². The molecular weight excluding hydrogens is 302 g/mol. The zero-order valence-electron chi connectivity index (χ0n) is 10.4. The van der Waals surface area contributed by atoms with Crippen molar-refractivity contribution in [2.45, 2.75) is 12.5 Å². The van der Waals surface area contributed by atoms with E-state index in [1.165, 1.54) is 18.2 Å². The largest absolute Gasteiger partial charge is 0.493 e. The molecule has 1 heterocycles. The van der Waals surface area contributed by atoms with Gasteiger partial charge in [-0.25, -0.2) is 4.39 Å². The molecule has 0 amide bonds. The number of ether oxygens (including phenoxy) is 1. The van der Waals surface area contributed by atoms with Gasteiger partial charge in [0.05, 0.1) is 6.61 Å². The van der Waals surface area contributed by atoms with Crippen molar-refractivity contribution in [3.63, 3.8) is 0 Å². The van der Waals surface area contributed by atoms with Gasteiger partial charge in [-0.1, -0.05) is 23.2 Å². The van der Waals surface area contributed by atoms with Gasteiger partial charge >= 0.3 is 0 Å². The molecule has 0 aromatic heterocycles. The van der Waals surface area contributed by atoms with Crippen LogP contribution in [0.4, 0.5) is 4.39 Å². The van der Waals surface area contributed by atoms with Crippen molar-refractivity contribution in [3.05, 3.63) is 62.9 Å². The van der Waals surface area contributed by atoms with Gasteiger partial charge in [-0.15, -0.1) is 0 Å². The highest BCUT2D eigenvalue weighted by molar-refractivity contribution is 6.31. The van der Waals surface area contributed by atoms with Gasteiger partial charge < -0.3 is 9.84 Å².